The Hall–Kier alpha value is -3.26. The molecule has 0 fully saturated rings. The van der Waals surface area contributed by atoms with Crippen LogP contribution in [0.25, 0.3) is 0 Å². The number of ketones is 1. The minimum absolute atomic E-state index is 0.00460. The SMILES string of the molecule is COC(=O)NC1=NCc2cc(CC(=O)C[C@H]3c4ccccc4OCC[C@H]3O)ncc21. The topological polar surface area (TPSA) is 110 Å². The van der Waals surface area contributed by atoms with E-state index in [0.717, 1.165) is 22.4 Å². The number of fused-ring (bicyclic) bond motifs is 2. The lowest BCUT2D eigenvalue weighted by Crippen LogP contribution is -2.30. The van der Waals surface area contributed by atoms with Crippen LogP contribution in [-0.2, 0) is 22.5 Å². The van der Waals surface area contributed by atoms with Crippen LogP contribution in [0.15, 0.2) is 41.5 Å². The van der Waals surface area contributed by atoms with Crippen molar-refractivity contribution in [2.24, 2.45) is 4.99 Å². The standard InChI is InChI=1S/C22H23N3O5/c1-29-22(28)25-21-18-12-23-14(8-13(18)11-24-21)9-15(26)10-17-16-4-2-3-5-20(16)30-7-6-19(17)27/h2-5,8,12,17,19,27H,6-7,9-11H2,1H3,(H,24,25,28)/t17-,19+/m0/s1. The number of rotatable bonds is 4. The van der Waals surface area contributed by atoms with Crippen LogP contribution in [0, 0.1) is 0 Å². The molecule has 0 radical (unpaired) electrons. The normalized spacial score (nSPS) is 19.6. The molecule has 30 heavy (non-hydrogen) atoms. The molecule has 4 rings (SSSR count). The van der Waals surface area contributed by atoms with Crippen LogP contribution in [0.4, 0.5) is 4.79 Å². The summed E-state index contributed by atoms with van der Waals surface area (Å²) in [4.78, 5) is 32.9. The molecule has 0 bridgehead atoms. The van der Waals surface area contributed by atoms with Crippen molar-refractivity contribution in [3.8, 4) is 5.75 Å². The molecular formula is C22H23N3O5. The quantitative estimate of drug-likeness (QED) is 0.801. The number of alkyl carbamates (subject to hydrolysis) is 1. The molecule has 1 aromatic carbocycles. The summed E-state index contributed by atoms with van der Waals surface area (Å²) in [7, 11) is 1.29. The van der Waals surface area contributed by atoms with Gasteiger partial charge >= 0.3 is 6.09 Å². The van der Waals surface area contributed by atoms with Crippen LogP contribution in [0.3, 0.4) is 0 Å². The van der Waals surface area contributed by atoms with E-state index in [-0.39, 0.29) is 24.5 Å². The highest BCUT2D eigenvalue weighted by atomic mass is 16.5. The third-order valence-electron chi connectivity index (χ3n) is 5.39. The molecular weight excluding hydrogens is 386 g/mol. The average molecular weight is 409 g/mol. The van der Waals surface area contributed by atoms with Crippen molar-refractivity contribution in [1.29, 1.82) is 0 Å². The number of benzene rings is 1. The van der Waals surface area contributed by atoms with Crippen LogP contribution < -0.4 is 10.1 Å². The summed E-state index contributed by atoms with van der Waals surface area (Å²) in [6.07, 6.45) is 1.25. The summed E-state index contributed by atoms with van der Waals surface area (Å²) in [5.41, 5.74) is 3.12. The van der Waals surface area contributed by atoms with Gasteiger partial charge in [0.15, 0.2) is 0 Å². The van der Waals surface area contributed by atoms with E-state index in [4.69, 9.17) is 4.74 Å². The lowest BCUT2D eigenvalue weighted by atomic mass is 9.86. The van der Waals surface area contributed by atoms with Gasteiger partial charge in [0.1, 0.15) is 17.4 Å². The smallest absolute Gasteiger partial charge is 0.412 e. The molecule has 0 saturated heterocycles. The van der Waals surface area contributed by atoms with Gasteiger partial charge in [0.25, 0.3) is 0 Å². The number of nitrogens with one attached hydrogen (secondary N) is 1. The fourth-order valence-electron chi connectivity index (χ4n) is 3.87. The van der Waals surface area contributed by atoms with Crippen LogP contribution in [0.5, 0.6) is 5.75 Å². The third kappa shape index (κ3) is 4.18. The average Bonchev–Trinajstić information content (AvgIpc) is 3.06. The van der Waals surface area contributed by atoms with Crippen LogP contribution in [0.1, 0.15) is 41.1 Å². The number of hydrogen-bond acceptors (Lipinski definition) is 7. The van der Waals surface area contributed by atoms with E-state index in [0.29, 0.717) is 31.1 Å². The lowest BCUT2D eigenvalue weighted by Gasteiger charge is -2.20. The monoisotopic (exact) mass is 409 g/mol. The molecule has 8 heteroatoms. The second-order valence-corrected chi connectivity index (χ2v) is 7.38. The largest absolute Gasteiger partial charge is 0.493 e. The van der Waals surface area contributed by atoms with Gasteiger partial charge in [-0.2, -0.15) is 0 Å². The Balaban J connectivity index is 1.45. The zero-order chi connectivity index (χ0) is 21.1. The number of aliphatic imine (C=N–C) groups is 1. The van der Waals surface area contributed by atoms with E-state index in [2.05, 4.69) is 20.0 Å². The lowest BCUT2D eigenvalue weighted by molar-refractivity contribution is -0.119. The van der Waals surface area contributed by atoms with Gasteiger partial charge in [-0.1, -0.05) is 18.2 Å². The van der Waals surface area contributed by atoms with E-state index < -0.39 is 12.2 Å². The number of Topliss-reactive ketones (excluding diaryl/α,β-unsaturated/α-hetero) is 1. The van der Waals surface area contributed by atoms with E-state index >= 15 is 0 Å². The Labute approximate surface area is 174 Å². The molecule has 1 amide bonds. The van der Waals surface area contributed by atoms with Crippen molar-refractivity contribution in [2.75, 3.05) is 13.7 Å². The Morgan fingerprint density at radius 3 is 3.00 bits per heavy atom. The van der Waals surface area contributed by atoms with Crippen molar-refractivity contribution in [3.63, 3.8) is 0 Å². The molecule has 8 nitrogen and oxygen atoms in total. The highest BCUT2D eigenvalue weighted by molar-refractivity contribution is 6.08. The maximum Gasteiger partial charge on any atom is 0.412 e. The second-order valence-electron chi connectivity index (χ2n) is 7.38. The van der Waals surface area contributed by atoms with Gasteiger partial charge in [-0.3, -0.25) is 20.1 Å². The van der Waals surface area contributed by atoms with Crippen LogP contribution in [0.2, 0.25) is 0 Å². The predicted octanol–water partition coefficient (Wildman–Crippen LogP) is 2.13. The summed E-state index contributed by atoms with van der Waals surface area (Å²) in [5.74, 6) is 0.838. The highest BCUT2D eigenvalue weighted by Gasteiger charge is 2.29. The Bertz CT molecular complexity index is 1000. The molecule has 0 unspecified atom stereocenters. The van der Waals surface area contributed by atoms with Gasteiger partial charge < -0.3 is 14.6 Å². The predicted molar refractivity (Wildman–Crippen MR) is 109 cm³/mol. The maximum atomic E-state index is 12.8. The number of amides is 1. The minimum atomic E-state index is -0.633. The summed E-state index contributed by atoms with van der Waals surface area (Å²) in [5, 5.41) is 13.1. The van der Waals surface area contributed by atoms with Crippen molar-refractivity contribution in [3.05, 3.63) is 58.9 Å². The molecule has 2 N–H and O–H groups in total. The van der Waals surface area contributed by atoms with Crippen molar-refractivity contribution in [2.45, 2.75) is 37.8 Å². The van der Waals surface area contributed by atoms with E-state index in [1.165, 1.54) is 7.11 Å². The van der Waals surface area contributed by atoms with Gasteiger partial charge in [0, 0.05) is 48.2 Å². The number of nitrogens with zero attached hydrogens (tertiary/aromatic N) is 2. The molecule has 2 aliphatic heterocycles. The first-order chi connectivity index (χ1) is 14.5. The van der Waals surface area contributed by atoms with Gasteiger partial charge in [-0.25, -0.2) is 4.79 Å². The van der Waals surface area contributed by atoms with E-state index in [1.807, 2.05) is 30.3 Å². The number of methoxy groups -OCH3 is 1. The van der Waals surface area contributed by atoms with Crippen molar-refractivity contribution in [1.82, 2.24) is 10.3 Å². The number of aliphatic hydroxyl groups is 1. The fraction of sp³-hybridized carbons (Fsp3) is 0.364. The molecule has 1 aromatic heterocycles. The summed E-state index contributed by atoms with van der Waals surface area (Å²) in [6, 6.07) is 9.38. The number of para-hydroxylation sites is 1. The first-order valence-corrected chi connectivity index (χ1v) is 9.84. The number of pyridine rings is 1. The molecule has 2 atom stereocenters. The fourth-order valence-corrected chi connectivity index (χ4v) is 3.87. The van der Waals surface area contributed by atoms with Crippen molar-refractivity contribution >= 4 is 17.7 Å². The summed E-state index contributed by atoms with van der Waals surface area (Å²) < 4.78 is 10.3. The van der Waals surface area contributed by atoms with Gasteiger partial charge in [0.2, 0.25) is 0 Å². The Morgan fingerprint density at radius 2 is 2.17 bits per heavy atom. The summed E-state index contributed by atoms with van der Waals surface area (Å²) in [6.45, 7) is 0.835. The number of ether oxygens (including phenoxy) is 2. The first-order valence-electron chi connectivity index (χ1n) is 9.84. The molecule has 156 valence electrons. The molecule has 0 saturated carbocycles. The van der Waals surface area contributed by atoms with E-state index in [9.17, 15) is 14.7 Å². The zero-order valence-electron chi connectivity index (χ0n) is 16.6. The van der Waals surface area contributed by atoms with Gasteiger partial charge in [-0.05, 0) is 17.7 Å². The number of aromatic nitrogens is 1. The zero-order valence-corrected chi connectivity index (χ0v) is 16.6. The van der Waals surface area contributed by atoms with Crippen molar-refractivity contribution < 1.29 is 24.2 Å². The Morgan fingerprint density at radius 1 is 1.33 bits per heavy atom. The van der Waals surface area contributed by atoms with Gasteiger partial charge in [0.05, 0.1) is 26.4 Å². The number of aliphatic hydroxyl groups excluding tert-OH is 1. The number of hydrogen-bond donors (Lipinski definition) is 2. The molecule has 0 spiro atoms. The second kappa shape index (κ2) is 8.62. The van der Waals surface area contributed by atoms with E-state index in [1.54, 1.807) is 6.20 Å². The Kier molecular flexibility index (Phi) is 5.76. The first kappa shape index (κ1) is 20.0. The molecule has 2 aliphatic rings. The molecule has 0 aliphatic carbocycles. The molecule has 3 heterocycles. The highest BCUT2D eigenvalue weighted by Crippen LogP contribution is 2.35. The number of amidine groups is 1. The molecule has 2 aromatic rings. The number of carbonyl (C=O) groups excluding carboxylic acids is 2. The van der Waals surface area contributed by atoms with Crippen LogP contribution in [-0.4, -0.2) is 47.6 Å². The minimum Gasteiger partial charge on any atom is -0.493 e. The number of carbonyl (C=O) groups is 2. The van der Waals surface area contributed by atoms with Crippen LogP contribution >= 0.6 is 0 Å². The summed E-state index contributed by atoms with van der Waals surface area (Å²) >= 11 is 0. The van der Waals surface area contributed by atoms with Gasteiger partial charge in [-0.15, -0.1) is 0 Å². The maximum absolute atomic E-state index is 12.8. The third-order valence-corrected chi connectivity index (χ3v) is 5.39.